The number of nitrogen functional groups attached to an aromatic ring is 1. The van der Waals surface area contributed by atoms with Crippen LogP contribution in [0, 0.1) is 0 Å². The maximum Gasteiger partial charge on any atom is 0.253 e. The first-order valence-electron chi connectivity index (χ1n) is 6.11. The first-order chi connectivity index (χ1) is 9.74. The summed E-state index contributed by atoms with van der Waals surface area (Å²) >= 11 is 0. The molecular formula is C14H13N3O3. The van der Waals surface area contributed by atoms with Gasteiger partial charge in [0.1, 0.15) is 0 Å². The molecular weight excluding hydrogens is 258 g/mol. The zero-order valence-electron chi connectivity index (χ0n) is 10.6. The summed E-state index contributed by atoms with van der Waals surface area (Å²) in [6, 6.07) is 8.71. The standard InChI is InChI=1S/C14H13N3O3/c15-11-6-13-12(19-8-20-13)5-10(11)14(18)17-7-9-3-1-2-4-16-9/h1-6H,7-8,15H2,(H,17,18). The van der Waals surface area contributed by atoms with Crippen molar-refractivity contribution in [1.82, 2.24) is 10.3 Å². The highest BCUT2D eigenvalue weighted by Crippen LogP contribution is 2.35. The van der Waals surface area contributed by atoms with E-state index in [9.17, 15) is 4.79 Å². The van der Waals surface area contributed by atoms with Gasteiger partial charge in [0.2, 0.25) is 6.79 Å². The summed E-state index contributed by atoms with van der Waals surface area (Å²) < 4.78 is 10.4. The van der Waals surface area contributed by atoms with Gasteiger partial charge in [0, 0.05) is 18.0 Å². The van der Waals surface area contributed by atoms with Crippen molar-refractivity contribution in [3.63, 3.8) is 0 Å². The summed E-state index contributed by atoms with van der Waals surface area (Å²) in [6.45, 7) is 0.487. The van der Waals surface area contributed by atoms with Crippen LogP contribution in [0.1, 0.15) is 16.1 Å². The molecule has 20 heavy (non-hydrogen) atoms. The quantitative estimate of drug-likeness (QED) is 0.822. The van der Waals surface area contributed by atoms with Gasteiger partial charge in [-0.05, 0) is 18.2 Å². The maximum absolute atomic E-state index is 12.1. The van der Waals surface area contributed by atoms with Crippen LogP contribution in [-0.2, 0) is 6.54 Å². The number of amides is 1. The SMILES string of the molecule is Nc1cc2c(cc1C(=O)NCc1ccccn1)OCO2. The van der Waals surface area contributed by atoms with Crippen molar-refractivity contribution >= 4 is 11.6 Å². The minimum absolute atomic E-state index is 0.147. The Labute approximate surface area is 115 Å². The average Bonchev–Trinajstić information content (AvgIpc) is 2.92. The van der Waals surface area contributed by atoms with E-state index in [4.69, 9.17) is 15.2 Å². The highest BCUT2D eigenvalue weighted by molar-refractivity contribution is 6.00. The molecule has 0 saturated heterocycles. The smallest absolute Gasteiger partial charge is 0.253 e. The second kappa shape index (κ2) is 5.08. The van der Waals surface area contributed by atoms with Gasteiger partial charge in [-0.3, -0.25) is 9.78 Å². The van der Waals surface area contributed by atoms with Crippen LogP contribution in [0.5, 0.6) is 11.5 Å². The molecule has 0 unspecified atom stereocenters. The monoisotopic (exact) mass is 271 g/mol. The van der Waals surface area contributed by atoms with Crippen LogP contribution < -0.4 is 20.5 Å². The molecule has 0 radical (unpaired) electrons. The molecule has 0 saturated carbocycles. The minimum atomic E-state index is -0.272. The maximum atomic E-state index is 12.1. The van der Waals surface area contributed by atoms with Crippen LogP contribution >= 0.6 is 0 Å². The Morgan fingerprint density at radius 2 is 2.10 bits per heavy atom. The summed E-state index contributed by atoms with van der Waals surface area (Å²) in [5, 5.41) is 2.77. The van der Waals surface area contributed by atoms with Crippen molar-refractivity contribution in [3.8, 4) is 11.5 Å². The van der Waals surface area contributed by atoms with E-state index in [1.807, 2.05) is 18.2 Å². The van der Waals surface area contributed by atoms with Gasteiger partial charge in [-0.15, -0.1) is 0 Å². The lowest BCUT2D eigenvalue weighted by molar-refractivity contribution is 0.0951. The average molecular weight is 271 g/mol. The lowest BCUT2D eigenvalue weighted by atomic mass is 10.1. The van der Waals surface area contributed by atoms with Crippen molar-refractivity contribution in [2.45, 2.75) is 6.54 Å². The summed E-state index contributed by atoms with van der Waals surface area (Å²) in [5.74, 6) is 0.817. The molecule has 0 fully saturated rings. The highest BCUT2D eigenvalue weighted by Gasteiger charge is 2.19. The topological polar surface area (TPSA) is 86.5 Å². The lowest BCUT2D eigenvalue weighted by Crippen LogP contribution is -2.24. The number of aromatic nitrogens is 1. The Hall–Kier alpha value is -2.76. The molecule has 1 amide bonds. The van der Waals surface area contributed by atoms with Gasteiger partial charge in [0.25, 0.3) is 5.91 Å². The van der Waals surface area contributed by atoms with Gasteiger partial charge >= 0.3 is 0 Å². The largest absolute Gasteiger partial charge is 0.454 e. The molecule has 6 heteroatoms. The molecule has 2 heterocycles. The molecule has 1 aliphatic rings. The number of benzene rings is 1. The van der Waals surface area contributed by atoms with Crippen molar-refractivity contribution in [2.75, 3.05) is 12.5 Å². The number of fused-ring (bicyclic) bond motifs is 1. The molecule has 1 aromatic heterocycles. The molecule has 0 atom stereocenters. The van der Waals surface area contributed by atoms with Gasteiger partial charge in [-0.1, -0.05) is 6.07 Å². The predicted molar refractivity (Wildman–Crippen MR) is 72.4 cm³/mol. The van der Waals surface area contributed by atoms with Crippen LogP contribution in [0.3, 0.4) is 0 Å². The Morgan fingerprint density at radius 1 is 1.30 bits per heavy atom. The second-order valence-electron chi connectivity index (χ2n) is 4.30. The number of nitrogens with one attached hydrogen (secondary N) is 1. The Balaban J connectivity index is 1.74. The number of hydrogen-bond acceptors (Lipinski definition) is 5. The highest BCUT2D eigenvalue weighted by atomic mass is 16.7. The van der Waals surface area contributed by atoms with Crippen LogP contribution in [0.25, 0.3) is 0 Å². The normalized spacial score (nSPS) is 12.2. The van der Waals surface area contributed by atoms with E-state index < -0.39 is 0 Å². The zero-order chi connectivity index (χ0) is 13.9. The molecule has 2 aromatic rings. The fraction of sp³-hybridized carbons (Fsp3) is 0.143. The number of rotatable bonds is 3. The summed E-state index contributed by atoms with van der Waals surface area (Å²) in [5.41, 5.74) is 7.35. The number of pyridine rings is 1. The first kappa shape index (κ1) is 12.3. The van der Waals surface area contributed by atoms with E-state index in [-0.39, 0.29) is 12.7 Å². The fourth-order valence-electron chi connectivity index (χ4n) is 1.92. The van der Waals surface area contributed by atoms with Crippen molar-refractivity contribution < 1.29 is 14.3 Å². The van der Waals surface area contributed by atoms with Crippen molar-refractivity contribution in [2.24, 2.45) is 0 Å². The molecule has 3 N–H and O–H groups in total. The summed E-state index contributed by atoms with van der Waals surface area (Å²) in [7, 11) is 0. The van der Waals surface area contributed by atoms with Crippen LogP contribution in [0.15, 0.2) is 36.5 Å². The Kier molecular flexibility index (Phi) is 3.12. The van der Waals surface area contributed by atoms with E-state index in [2.05, 4.69) is 10.3 Å². The first-order valence-corrected chi connectivity index (χ1v) is 6.11. The number of anilines is 1. The number of carbonyl (C=O) groups is 1. The molecule has 1 aliphatic heterocycles. The third kappa shape index (κ3) is 2.35. The van der Waals surface area contributed by atoms with E-state index >= 15 is 0 Å². The van der Waals surface area contributed by atoms with E-state index in [0.29, 0.717) is 29.3 Å². The van der Waals surface area contributed by atoms with Gasteiger partial charge in [-0.2, -0.15) is 0 Å². The Bertz CT molecular complexity index is 644. The van der Waals surface area contributed by atoms with E-state index in [1.54, 1.807) is 18.3 Å². The molecule has 3 rings (SSSR count). The van der Waals surface area contributed by atoms with Gasteiger partial charge in [0.15, 0.2) is 11.5 Å². The van der Waals surface area contributed by atoms with Crippen LogP contribution in [-0.4, -0.2) is 17.7 Å². The molecule has 1 aromatic carbocycles. The fourth-order valence-corrected chi connectivity index (χ4v) is 1.92. The second-order valence-corrected chi connectivity index (χ2v) is 4.30. The third-order valence-corrected chi connectivity index (χ3v) is 2.95. The lowest BCUT2D eigenvalue weighted by Gasteiger charge is -2.08. The molecule has 0 bridgehead atoms. The van der Waals surface area contributed by atoms with Crippen molar-refractivity contribution in [3.05, 3.63) is 47.8 Å². The van der Waals surface area contributed by atoms with Gasteiger partial charge < -0.3 is 20.5 Å². The predicted octanol–water partition coefficient (Wildman–Crippen LogP) is 1.32. The zero-order valence-corrected chi connectivity index (χ0v) is 10.6. The molecule has 0 spiro atoms. The van der Waals surface area contributed by atoms with E-state index in [1.165, 1.54) is 0 Å². The van der Waals surface area contributed by atoms with Crippen molar-refractivity contribution in [1.29, 1.82) is 0 Å². The van der Waals surface area contributed by atoms with Crippen LogP contribution in [0.2, 0.25) is 0 Å². The molecule has 102 valence electrons. The Morgan fingerprint density at radius 3 is 2.85 bits per heavy atom. The minimum Gasteiger partial charge on any atom is -0.454 e. The number of hydrogen-bond donors (Lipinski definition) is 2. The summed E-state index contributed by atoms with van der Waals surface area (Å²) in [6.07, 6.45) is 1.68. The van der Waals surface area contributed by atoms with E-state index in [0.717, 1.165) is 5.69 Å². The molecule has 6 nitrogen and oxygen atoms in total. The number of nitrogens with two attached hydrogens (primary N) is 1. The van der Waals surface area contributed by atoms with Gasteiger partial charge in [-0.25, -0.2) is 0 Å². The number of ether oxygens (including phenoxy) is 2. The summed E-state index contributed by atoms with van der Waals surface area (Å²) in [4.78, 5) is 16.3. The van der Waals surface area contributed by atoms with Crippen LogP contribution in [0.4, 0.5) is 5.69 Å². The van der Waals surface area contributed by atoms with Gasteiger partial charge in [0.05, 0.1) is 17.8 Å². The number of nitrogens with zero attached hydrogens (tertiary/aromatic N) is 1. The molecule has 0 aliphatic carbocycles. The third-order valence-electron chi connectivity index (χ3n) is 2.95. The number of carbonyl (C=O) groups excluding carboxylic acids is 1.